The van der Waals surface area contributed by atoms with E-state index in [1.54, 1.807) is 14.2 Å². The van der Waals surface area contributed by atoms with Gasteiger partial charge in [-0.3, -0.25) is 9.69 Å². The number of likely N-dealkylation sites (tertiary alicyclic amines) is 1. The summed E-state index contributed by atoms with van der Waals surface area (Å²) in [6, 6.07) is 11.6. The number of hydrogen-bond donors (Lipinski definition) is 1. The predicted octanol–water partition coefficient (Wildman–Crippen LogP) is 3.96. The van der Waals surface area contributed by atoms with Crippen molar-refractivity contribution in [2.45, 2.75) is 38.8 Å². The van der Waals surface area contributed by atoms with Gasteiger partial charge in [-0.05, 0) is 55.5 Å². The van der Waals surface area contributed by atoms with Crippen molar-refractivity contribution in [3.63, 3.8) is 0 Å². The van der Waals surface area contributed by atoms with Crippen LogP contribution in [-0.4, -0.2) is 42.8 Å². The van der Waals surface area contributed by atoms with Crippen LogP contribution in [-0.2, 0) is 4.79 Å². The predicted molar refractivity (Wildman–Crippen MR) is 105 cm³/mol. The number of benzene rings is 2. The highest BCUT2D eigenvalue weighted by atomic mass is 16.5. The van der Waals surface area contributed by atoms with Gasteiger partial charge in [0.1, 0.15) is 6.04 Å². The number of carbonyl (C=O) groups is 1. The van der Waals surface area contributed by atoms with Crippen molar-refractivity contribution in [1.82, 2.24) is 4.90 Å². The van der Waals surface area contributed by atoms with E-state index in [1.807, 2.05) is 18.2 Å². The molecule has 3 rings (SSSR count). The number of aryl methyl sites for hydroxylation is 2. The molecule has 1 N–H and O–H groups in total. The number of rotatable bonds is 6. The summed E-state index contributed by atoms with van der Waals surface area (Å²) in [6.07, 6.45) is 1.55. The van der Waals surface area contributed by atoms with E-state index in [-0.39, 0.29) is 6.04 Å². The van der Waals surface area contributed by atoms with Crippen molar-refractivity contribution in [3.8, 4) is 11.5 Å². The van der Waals surface area contributed by atoms with Crippen molar-refractivity contribution >= 4 is 5.97 Å². The average Bonchev–Trinajstić information content (AvgIpc) is 3.13. The molecule has 1 fully saturated rings. The van der Waals surface area contributed by atoms with E-state index in [4.69, 9.17) is 9.47 Å². The van der Waals surface area contributed by atoms with Gasteiger partial charge in [0.25, 0.3) is 0 Å². The Labute approximate surface area is 160 Å². The molecule has 0 saturated carbocycles. The number of carboxylic acids is 1. The van der Waals surface area contributed by atoms with Crippen LogP contribution in [0.25, 0.3) is 0 Å². The monoisotopic (exact) mass is 369 g/mol. The first kappa shape index (κ1) is 19.2. The lowest BCUT2D eigenvalue weighted by Gasteiger charge is -2.33. The fourth-order valence-electron chi connectivity index (χ4n) is 4.07. The van der Waals surface area contributed by atoms with Gasteiger partial charge < -0.3 is 14.6 Å². The molecule has 1 aliphatic rings. The van der Waals surface area contributed by atoms with Gasteiger partial charge >= 0.3 is 5.97 Å². The molecule has 0 aromatic heterocycles. The van der Waals surface area contributed by atoms with Gasteiger partial charge in [0, 0.05) is 6.54 Å². The Balaban J connectivity index is 2.14. The third-order valence-electron chi connectivity index (χ3n) is 5.35. The molecule has 2 unspecified atom stereocenters. The van der Waals surface area contributed by atoms with Gasteiger partial charge in [0.05, 0.1) is 20.3 Å². The Bertz CT molecular complexity index is 833. The van der Waals surface area contributed by atoms with Crippen LogP contribution in [0.1, 0.15) is 41.1 Å². The van der Waals surface area contributed by atoms with Gasteiger partial charge in [-0.15, -0.1) is 0 Å². The number of nitrogens with zero attached hydrogens (tertiary/aromatic N) is 1. The van der Waals surface area contributed by atoms with E-state index in [9.17, 15) is 9.90 Å². The van der Waals surface area contributed by atoms with Crippen LogP contribution in [0.2, 0.25) is 0 Å². The van der Waals surface area contributed by atoms with E-state index in [1.165, 1.54) is 5.56 Å². The summed E-state index contributed by atoms with van der Waals surface area (Å²) in [4.78, 5) is 14.0. The minimum Gasteiger partial charge on any atom is -0.493 e. The smallest absolute Gasteiger partial charge is 0.320 e. The minimum atomic E-state index is -0.761. The second kappa shape index (κ2) is 8.01. The molecule has 2 aromatic rings. The number of methoxy groups -OCH3 is 2. The van der Waals surface area contributed by atoms with Crippen molar-refractivity contribution in [3.05, 3.63) is 58.7 Å². The normalized spacial score (nSPS) is 18.3. The molecule has 0 spiro atoms. The Hall–Kier alpha value is -2.53. The van der Waals surface area contributed by atoms with Crippen molar-refractivity contribution in [2.75, 3.05) is 20.8 Å². The average molecular weight is 369 g/mol. The maximum absolute atomic E-state index is 11.9. The molecule has 1 heterocycles. The number of aliphatic carboxylic acids is 1. The third kappa shape index (κ3) is 3.78. The molecule has 0 radical (unpaired) electrons. The lowest BCUT2D eigenvalue weighted by Crippen LogP contribution is -2.39. The first-order chi connectivity index (χ1) is 13.0. The summed E-state index contributed by atoms with van der Waals surface area (Å²) in [6.45, 7) is 4.91. The zero-order valence-electron chi connectivity index (χ0n) is 16.4. The SMILES string of the molecule is COc1ccc(C(c2ccc(C)cc2C)N2CCCC2C(=O)O)cc1OC. The quantitative estimate of drug-likeness (QED) is 0.835. The lowest BCUT2D eigenvalue weighted by atomic mass is 9.91. The van der Waals surface area contributed by atoms with E-state index in [2.05, 4.69) is 36.9 Å². The number of hydrogen-bond acceptors (Lipinski definition) is 4. The highest BCUT2D eigenvalue weighted by Gasteiger charge is 2.37. The molecule has 0 bridgehead atoms. The zero-order chi connectivity index (χ0) is 19.6. The molecule has 144 valence electrons. The van der Waals surface area contributed by atoms with Gasteiger partial charge in [0.2, 0.25) is 0 Å². The number of ether oxygens (including phenoxy) is 2. The summed E-state index contributed by atoms with van der Waals surface area (Å²) in [7, 11) is 3.23. The van der Waals surface area contributed by atoms with Gasteiger partial charge in [-0.25, -0.2) is 0 Å². The molecule has 27 heavy (non-hydrogen) atoms. The van der Waals surface area contributed by atoms with Crippen LogP contribution in [0, 0.1) is 13.8 Å². The van der Waals surface area contributed by atoms with Crippen LogP contribution in [0.5, 0.6) is 11.5 Å². The van der Waals surface area contributed by atoms with E-state index >= 15 is 0 Å². The van der Waals surface area contributed by atoms with Gasteiger partial charge in [-0.2, -0.15) is 0 Å². The molecule has 2 aromatic carbocycles. The lowest BCUT2D eigenvalue weighted by molar-refractivity contribution is -0.142. The molecular weight excluding hydrogens is 342 g/mol. The van der Waals surface area contributed by atoms with E-state index in [0.717, 1.165) is 29.7 Å². The van der Waals surface area contributed by atoms with E-state index in [0.29, 0.717) is 17.9 Å². The van der Waals surface area contributed by atoms with Crippen LogP contribution in [0.3, 0.4) is 0 Å². The number of carboxylic acid groups (broad SMARTS) is 1. The molecule has 5 nitrogen and oxygen atoms in total. The molecule has 1 saturated heterocycles. The van der Waals surface area contributed by atoms with Crippen LogP contribution in [0.15, 0.2) is 36.4 Å². The molecule has 0 amide bonds. The maximum atomic E-state index is 11.9. The first-order valence-corrected chi connectivity index (χ1v) is 9.24. The van der Waals surface area contributed by atoms with Crippen molar-refractivity contribution < 1.29 is 19.4 Å². The molecule has 5 heteroatoms. The third-order valence-corrected chi connectivity index (χ3v) is 5.35. The highest BCUT2D eigenvalue weighted by molar-refractivity contribution is 5.74. The van der Waals surface area contributed by atoms with Crippen LogP contribution >= 0.6 is 0 Å². The van der Waals surface area contributed by atoms with Gasteiger partial charge in [-0.1, -0.05) is 29.8 Å². The fourth-order valence-corrected chi connectivity index (χ4v) is 4.07. The Morgan fingerprint density at radius 3 is 2.48 bits per heavy atom. The zero-order valence-corrected chi connectivity index (χ0v) is 16.4. The summed E-state index contributed by atoms with van der Waals surface area (Å²) in [5.74, 6) is 0.551. The van der Waals surface area contributed by atoms with Crippen LogP contribution in [0.4, 0.5) is 0 Å². The standard InChI is InChI=1S/C22H27NO4/c1-14-7-9-17(15(2)12-14)21(23-11-5-6-18(23)22(24)25)16-8-10-19(26-3)20(13-16)27-4/h7-10,12-13,18,21H,5-6,11H2,1-4H3,(H,24,25). The second-order valence-corrected chi connectivity index (χ2v) is 7.11. The molecule has 2 atom stereocenters. The Kier molecular flexibility index (Phi) is 5.71. The Morgan fingerprint density at radius 2 is 1.85 bits per heavy atom. The summed E-state index contributed by atoms with van der Waals surface area (Å²) in [5.41, 5.74) is 4.48. The summed E-state index contributed by atoms with van der Waals surface area (Å²) in [5, 5.41) is 9.74. The molecular formula is C22H27NO4. The topological polar surface area (TPSA) is 59.0 Å². The Morgan fingerprint density at radius 1 is 1.11 bits per heavy atom. The molecule has 1 aliphatic heterocycles. The second-order valence-electron chi connectivity index (χ2n) is 7.11. The fraction of sp³-hybridized carbons (Fsp3) is 0.409. The van der Waals surface area contributed by atoms with Crippen molar-refractivity contribution in [1.29, 1.82) is 0 Å². The first-order valence-electron chi connectivity index (χ1n) is 9.24. The highest BCUT2D eigenvalue weighted by Crippen LogP contribution is 2.39. The maximum Gasteiger partial charge on any atom is 0.320 e. The van der Waals surface area contributed by atoms with Gasteiger partial charge in [0.15, 0.2) is 11.5 Å². The summed E-state index contributed by atoms with van der Waals surface area (Å²) >= 11 is 0. The largest absolute Gasteiger partial charge is 0.493 e. The summed E-state index contributed by atoms with van der Waals surface area (Å²) < 4.78 is 10.9. The molecule has 0 aliphatic carbocycles. The minimum absolute atomic E-state index is 0.144. The van der Waals surface area contributed by atoms with Crippen molar-refractivity contribution in [2.24, 2.45) is 0 Å². The van der Waals surface area contributed by atoms with Crippen LogP contribution < -0.4 is 9.47 Å². The van der Waals surface area contributed by atoms with E-state index < -0.39 is 12.0 Å².